The smallest absolute Gasteiger partial charge is 0.261 e. The summed E-state index contributed by atoms with van der Waals surface area (Å²) in [6.07, 6.45) is 5.42. The minimum atomic E-state index is -3.75. The average molecular weight is 380 g/mol. The Balaban J connectivity index is 1.63. The fourth-order valence-corrected chi connectivity index (χ4v) is 3.89. The Bertz CT molecular complexity index is 950. The lowest BCUT2D eigenvalue weighted by Gasteiger charge is -2.09. The van der Waals surface area contributed by atoms with Crippen LogP contribution in [0.4, 0.5) is 0 Å². The van der Waals surface area contributed by atoms with Gasteiger partial charge in [0.15, 0.2) is 0 Å². The van der Waals surface area contributed by atoms with Crippen molar-refractivity contribution >= 4 is 21.6 Å². The maximum absolute atomic E-state index is 12.3. The van der Waals surface area contributed by atoms with E-state index in [0.717, 1.165) is 11.4 Å². The van der Waals surface area contributed by atoms with E-state index in [0.29, 0.717) is 13.0 Å². The third-order valence-electron chi connectivity index (χ3n) is 3.73. The van der Waals surface area contributed by atoms with Gasteiger partial charge in [-0.3, -0.25) is 0 Å². The van der Waals surface area contributed by atoms with E-state index in [2.05, 4.69) is 14.7 Å². The lowest BCUT2D eigenvalue weighted by atomic mass is 10.2. The summed E-state index contributed by atoms with van der Waals surface area (Å²) < 4.78 is 30.5. The number of imidazole rings is 2. The van der Waals surface area contributed by atoms with E-state index in [4.69, 9.17) is 11.6 Å². The van der Waals surface area contributed by atoms with Gasteiger partial charge >= 0.3 is 0 Å². The summed E-state index contributed by atoms with van der Waals surface area (Å²) in [6, 6.07) is 10.0. The van der Waals surface area contributed by atoms with Gasteiger partial charge in [-0.25, -0.2) is 23.1 Å². The van der Waals surface area contributed by atoms with Crippen molar-refractivity contribution in [3.8, 4) is 0 Å². The molecule has 1 N–H and O–H groups in total. The molecule has 0 aliphatic rings. The molecule has 0 aliphatic heterocycles. The van der Waals surface area contributed by atoms with E-state index >= 15 is 0 Å². The number of sulfonamides is 1. The van der Waals surface area contributed by atoms with Gasteiger partial charge in [-0.1, -0.05) is 41.9 Å². The monoisotopic (exact) mass is 379 g/mol. The van der Waals surface area contributed by atoms with Gasteiger partial charge in [-0.2, -0.15) is 0 Å². The number of aryl methyl sites for hydroxylation is 1. The molecule has 0 bridgehead atoms. The number of halogens is 1. The second-order valence-corrected chi connectivity index (χ2v) is 7.60. The molecule has 3 rings (SSSR count). The number of aromatic nitrogens is 4. The minimum absolute atomic E-state index is 0.0816. The molecule has 132 valence electrons. The van der Waals surface area contributed by atoms with Crippen molar-refractivity contribution < 1.29 is 8.42 Å². The number of nitrogens with zero attached hydrogens (tertiary/aromatic N) is 4. The standard InChI is InChI=1S/C16H18ClN5O2S/c1-21-12-19-16(15(21)17)25(23,24)20-8-7-14-18-9-10-22(14)11-13-5-3-2-4-6-13/h2-6,9-10,12,20H,7-8,11H2,1H3. The van der Waals surface area contributed by atoms with E-state index in [-0.39, 0.29) is 16.7 Å². The zero-order chi connectivity index (χ0) is 17.9. The predicted molar refractivity (Wildman–Crippen MR) is 94.9 cm³/mol. The molecule has 0 atom stereocenters. The van der Waals surface area contributed by atoms with Crippen LogP contribution < -0.4 is 4.72 Å². The van der Waals surface area contributed by atoms with Gasteiger partial charge in [0.2, 0.25) is 5.03 Å². The van der Waals surface area contributed by atoms with Crippen LogP contribution in [0.15, 0.2) is 54.1 Å². The molecule has 3 aromatic rings. The predicted octanol–water partition coefficient (Wildman–Crippen LogP) is 1.84. The molecule has 0 fully saturated rings. The Morgan fingerprint density at radius 2 is 1.96 bits per heavy atom. The molecule has 2 aromatic heterocycles. The minimum Gasteiger partial charge on any atom is -0.330 e. The van der Waals surface area contributed by atoms with Gasteiger partial charge in [0.25, 0.3) is 10.0 Å². The molecule has 9 heteroatoms. The number of rotatable bonds is 7. The summed E-state index contributed by atoms with van der Waals surface area (Å²) in [4.78, 5) is 8.14. The van der Waals surface area contributed by atoms with Gasteiger partial charge in [-0.05, 0) is 5.56 Å². The highest BCUT2D eigenvalue weighted by atomic mass is 35.5. The molecule has 0 amide bonds. The van der Waals surface area contributed by atoms with Crippen LogP contribution in [0.2, 0.25) is 5.15 Å². The zero-order valence-electron chi connectivity index (χ0n) is 13.6. The Kier molecular flexibility index (Phi) is 5.22. The lowest BCUT2D eigenvalue weighted by Crippen LogP contribution is -2.27. The molecule has 7 nitrogen and oxygen atoms in total. The third-order valence-corrected chi connectivity index (χ3v) is 5.68. The summed E-state index contributed by atoms with van der Waals surface area (Å²) in [5.74, 6) is 0.804. The van der Waals surface area contributed by atoms with Gasteiger partial charge in [-0.15, -0.1) is 0 Å². The van der Waals surface area contributed by atoms with Crippen LogP contribution in [0.25, 0.3) is 0 Å². The zero-order valence-corrected chi connectivity index (χ0v) is 15.2. The van der Waals surface area contributed by atoms with Crippen molar-refractivity contribution in [3.63, 3.8) is 0 Å². The summed E-state index contributed by atoms with van der Waals surface area (Å²) in [7, 11) is -2.11. The highest BCUT2D eigenvalue weighted by Crippen LogP contribution is 2.18. The normalized spacial score (nSPS) is 11.8. The number of benzene rings is 1. The van der Waals surface area contributed by atoms with Crippen LogP contribution in [-0.4, -0.2) is 34.1 Å². The van der Waals surface area contributed by atoms with Gasteiger partial charge < -0.3 is 9.13 Å². The van der Waals surface area contributed by atoms with Gasteiger partial charge in [0, 0.05) is 39.0 Å². The maximum Gasteiger partial charge on any atom is 0.261 e. The van der Waals surface area contributed by atoms with Crippen molar-refractivity contribution in [2.45, 2.75) is 18.0 Å². The van der Waals surface area contributed by atoms with Crippen molar-refractivity contribution in [2.75, 3.05) is 6.54 Å². The van der Waals surface area contributed by atoms with E-state index in [9.17, 15) is 8.42 Å². The summed E-state index contributed by atoms with van der Waals surface area (Å²) in [5.41, 5.74) is 1.16. The molecular weight excluding hydrogens is 362 g/mol. The van der Waals surface area contributed by atoms with Crippen LogP contribution in [0.3, 0.4) is 0 Å². The van der Waals surface area contributed by atoms with Crippen LogP contribution in [0, 0.1) is 0 Å². The van der Waals surface area contributed by atoms with E-state index in [1.54, 1.807) is 13.2 Å². The first-order valence-corrected chi connectivity index (χ1v) is 9.54. The fraction of sp³-hybridized carbons (Fsp3) is 0.250. The summed E-state index contributed by atoms with van der Waals surface area (Å²) in [5, 5.41) is -0.0811. The fourth-order valence-electron chi connectivity index (χ4n) is 2.43. The van der Waals surface area contributed by atoms with E-state index < -0.39 is 10.0 Å². The SMILES string of the molecule is Cn1cnc(S(=O)(=O)NCCc2nccn2Cc2ccccc2)c1Cl. The van der Waals surface area contributed by atoms with Crippen molar-refractivity contribution in [2.24, 2.45) is 7.05 Å². The second kappa shape index (κ2) is 7.38. The van der Waals surface area contributed by atoms with Gasteiger partial charge in [0.1, 0.15) is 11.0 Å². The first kappa shape index (κ1) is 17.7. The lowest BCUT2D eigenvalue weighted by molar-refractivity contribution is 0.576. The second-order valence-electron chi connectivity index (χ2n) is 5.56. The first-order chi connectivity index (χ1) is 12.0. The van der Waals surface area contributed by atoms with Crippen molar-refractivity contribution in [3.05, 3.63) is 65.6 Å². The van der Waals surface area contributed by atoms with Crippen molar-refractivity contribution in [1.29, 1.82) is 0 Å². The first-order valence-electron chi connectivity index (χ1n) is 7.68. The van der Waals surface area contributed by atoms with E-state index in [1.807, 2.05) is 41.1 Å². The van der Waals surface area contributed by atoms with Crippen LogP contribution in [0.5, 0.6) is 0 Å². The largest absolute Gasteiger partial charge is 0.330 e. The van der Waals surface area contributed by atoms with Crippen LogP contribution >= 0.6 is 11.6 Å². The molecule has 0 saturated heterocycles. The third kappa shape index (κ3) is 4.09. The van der Waals surface area contributed by atoms with Crippen LogP contribution in [-0.2, 0) is 30.0 Å². The quantitative estimate of drug-likeness (QED) is 0.679. The maximum atomic E-state index is 12.3. The Morgan fingerprint density at radius 1 is 1.20 bits per heavy atom. The number of hydrogen-bond acceptors (Lipinski definition) is 4. The number of hydrogen-bond donors (Lipinski definition) is 1. The summed E-state index contributed by atoms with van der Waals surface area (Å²) in [6.45, 7) is 0.899. The molecule has 0 saturated carbocycles. The molecule has 2 heterocycles. The van der Waals surface area contributed by atoms with Crippen molar-refractivity contribution in [1.82, 2.24) is 23.8 Å². The Morgan fingerprint density at radius 3 is 2.64 bits per heavy atom. The molecule has 0 unspecified atom stereocenters. The molecule has 0 radical (unpaired) electrons. The number of nitrogens with one attached hydrogen (secondary N) is 1. The molecule has 0 aliphatic carbocycles. The molecular formula is C16H18ClN5O2S. The average Bonchev–Trinajstić information content (AvgIpc) is 3.16. The van der Waals surface area contributed by atoms with Gasteiger partial charge in [0.05, 0.1) is 6.33 Å². The van der Waals surface area contributed by atoms with Crippen LogP contribution in [0.1, 0.15) is 11.4 Å². The highest BCUT2D eigenvalue weighted by molar-refractivity contribution is 7.89. The highest BCUT2D eigenvalue weighted by Gasteiger charge is 2.21. The Labute approximate surface area is 151 Å². The Hall–Kier alpha value is -2.16. The molecule has 0 spiro atoms. The molecule has 1 aromatic carbocycles. The van der Waals surface area contributed by atoms with E-state index in [1.165, 1.54) is 10.9 Å². The summed E-state index contributed by atoms with van der Waals surface area (Å²) >= 11 is 5.95. The topological polar surface area (TPSA) is 81.8 Å². The molecule has 25 heavy (non-hydrogen) atoms.